The molecular weight excluding hydrogens is 262 g/mol. The number of carbonyl (C=O) groups excluding carboxylic acids is 1. The van der Waals surface area contributed by atoms with Crippen LogP contribution in [-0.4, -0.2) is 17.1 Å². The van der Waals surface area contributed by atoms with Gasteiger partial charge in [0.15, 0.2) is 0 Å². The summed E-state index contributed by atoms with van der Waals surface area (Å²) < 4.78 is 0. The molecule has 1 heterocycles. The number of aryl methyl sites for hydroxylation is 1. The molecule has 0 aliphatic carbocycles. The summed E-state index contributed by atoms with van der Waals surface area (Å²) in [4.78, 5) is 15.9. The third-order valence-corrected chi connectivity index (χ3v) is 2.80. The molecular formula is C17H17N3O. The van der Waals surface area contributed by atoms with Gasteiger partial charge in [0.05, 0.1) is 11.8 Å². The number of amides is 1. The van der Waals surface area contributed by atoms with Crippen molar-refractivity contribution in [2.75, 3.05) is 0 Å². The highest BCUT2D eigenvalue weighted by atomic mass is 16.2. The van der Waals surface area contributed by atoms with E-state index < -0.39 is 0 Å². The summed E-state index contributed by atoms with van der Waals surface area (Å²) in [6.07, 6.45) is 5.14. The van der Waals surface area contributed by atoms with Crippen LogP contribution in [-0.2, 0) is 0 Å². The lowest BCUT2D eigenvalue weighted by Gasteiger charge is -2.00. The number of nitrogens with zero attached hydrogens (tertiary/aromatic N) is 2. The van der Waals surface area contributed by atoms with E-state index in [0.717, 1.165) is 16.8 Å². The molecule has 0 bridgehead atoms. The van der Waals surface area contributed by atoms with E-state index in [9.17, 15) is 4.79 Å². The van der Waals surface area contributed by atoms with E-state index in [1.807, 2.05) is 50.3 Å². The van der Waals surface area contributed by atoms with Crippen LogP contribution in [0.25, 0.3) is 6.08 Å². The Morgan fingerprint density at radius 2 is 1.95 bits per heavy atom. The number of aromatic nitrogens is 1. The van der Waals surface area contributed by atoms with Crippen molar-refractivity contribution in [2.45, 2.75) is 13.8 Å². The molecule has 0 aliphatic rings. The third kappa shape index (κ3) is 4.69. The van der Waals surface area contributed by atoms with Crippen LogP contribution in [0.3, 0.4) is 0 Å². The molecule has 1 N–H and O–H groups in total. The average molecular weight is 279 g/mol. The molecule has 4 nitrogen and oxygen atoms in total. The van der Waals surface area contributed by atoms with Gasteiger partial charge in [-0.25, -0.2) is 5.43 Å². The Balaban J connectivity index is 1.94. The van der Waals surface area contributed by atoms with Gasteiger partial charge in [-0.2, -0.15) is 5.10 Å². The molecule has 21 heavy (non-hydrogen) atoms. The van der Waals surface area contributed by atoms with Crippen LogP contribution in [0.15, 0.2) is 59.3 Å². The molecule has 0 saturated carbocycles. The van der Waals surface area contributed by atoms with Crippen molar-refractivity contribution >= 4 is 18.2 Å². The lowest BCUT2D eigenvalue weighted by Crippen LogP contribution is -2.17. The SMILES string of the molecule is C/C(C=NNC(=O)c1ccc(C)nc1)=C\c1ccccc1. The monoisotopic (exact) mass is 279 g/mol. The summed E-state index contributed by atoms with van der Waals surface area (Å²) >= 11 is 0. The summed E-state index contributed by atoms with van der Waals surface area (Å²) in [5, 5.41) is 3.95. The second-order valence-corrected chi connectivity index (χ2v) is 4.69. The van der Waals surface area contributed by atoms with Crippen molar-refractivity contribution in [1.29, 1.82) is 0 Å². The highest BCUT2D eigenvalue weighted by Gasteiger charge is 2.03. The molecule has 1 aromatic heterocycles. The van der Waals surface area contributed by atoms with Crippen molar-refractivity contribution < 1.29 is 4.79 Å². The predicted molar refractivity (Wildman–Crippen MR) is 85.0 cm³/mol. The normalized spacial score (nSPS) is 11.6. The minimum atomic E-state index is -0.272. The number of rotatable bonds is 4. The van der Waals surface area contributed by atoms with Gasteiger partial charge in [-0.3, -0.25) is 9.78 Å². The third-order valence-electron chi connectivity index (χ3n) is 2.80. The Kier molecular flexibility index (Phi) is 4.99. The Labute approximate surface area is 124 Å². The molecule has 2 rings (SSSR count). The minimum absolute atomic E-state index is 0.272. The second-order valence-electron chi connectivity index (χ2n) is 4.69. The zero-order valence-corrected chi connectivity index (χ0v) is 12.1. The maximum atomic E-state index is 11.8. The van der Waals surface area contributed by atoms with Gasteiger partial charge >= 0.3 is 0 Å². The van der Waals surface area contributed by atoms with E-state index in [1.54, 1.807) is 18.3 Å². The summed E-state index contributed by atoms with van der Waals surface area (Å²) in [6.45, 7) is 3.80. The Bertz CT molecular complexity index is 658. The van der Waals surface area contributed by atoms with Crippen molar-refractivity contribution in [1.82, 2.24) is 10.4 Å². The van der Waals surface area contributed by atoms with E-state index in [-0.39, 0.29) is 5.91 Å². The molecule has 1 aromatic carbocycles. The van der Waals surface area contributed by atoms with Crippen LogP contribution in [0.1, 0.15) is 28.5 Å². The number of carbonyl (C=O) groups is 1. The van der Waals surface area contributed by atoms with Gasteiger partial charge in [0.25, 0.3) is 5.91 Å². The summed E-state index contributed by atoms with van der Waals surface area (Å²) in [5.74, 6) is -0.272. The fourth-order valence-electron chi connectivity index (χ4n) is 1.71. The Morgan fingerprint density at radius 3 is 2.62 bits per heavy atom. The smallest absolute Gasteiger partial charge is 0.267 e. The largest absolute Gasteiger partial charge is 0.272 e. The second kappa shape index (κ2) is 7.14. The average Bonchev–Trinajstić information content (AvgIpc) is 2.49. The molecule has 0 atom stereocenters. The van der Waals surface area contributed by atoms with E-state index in [4.69, 9.17) is 0 Å². The predicted octanol–water partition coefficient (Wildman–Crippen LogP) is 3.21. The zero-order chi connectivity index (χ0) is 15.1. The summed E-state index contributed by atoms with van der Waals surface area (Å²) in [5.41, 5.74) is 5.89. The molecule has 0 saturated heterocycles. The van der Waals surface area contributed by atoms with Crippen LogP contribution < -0.4 is 5.43 Å². The van der Waals surface area contributed by atoms with Gasteiger partial charge in [0, 0.05) is 11.9 Å². The highest BCUT2D eigenvalue weighted by molar-refractivity contribution is 5.94. The maximum absolute atomic E-state index is 11.8. The summed E-state index contributed by atoms with van der Waals surface area (Å²) in [6, 6.07) is 13.4. The van der Waals surface area contributed by atoms with E-state index >= 15 is 0 Å². The number of allylic oxidation sites excluding steroid dienone is 1. The van der Waals surface area contributed by atoms with E-state index in [2.05, 4.69) is 15.5 Å². The minimum Gasteiger partial charge on any atom is -0.267 e. The topological polar surface area (TPSA) is 54.4 Å². The number of hydrogen-bond donors (Lipinski definition) is 1. The van der Waals surface area contributed by atoms with Crippen LogP contribution in [0.2, 0.25) is 0 Å². The highest BCUT2D eigenvalue weighted by Crippen LogP contribution is 2.04. The van der Waals surface area contributed by atoms with Crippen LogP contribution in [0.4, 0.5) is 0 Å². The van der Waals surface area contributed by atoms with Gasteiger partial charge in [0.1, 0.15) is 0 Å². The fourth-order valence-corrected chi connectivity index (χ4v) is 1.71. The van der Waals surface area contributed by atoms with E-state index in [0.29, 0.717) is 5.56 Å². The number of hydrazone groups is 1. The van der Waals surface area contributed by atoms with Crippen molar-refractivity contribution in [3.8, 4) is 0 Å². The first-order chi connectivity index (χ1) is 10.1. The number of nitrogens with one attached hydrogen (secondary N) is 1. The first kappa shape index (κ1) is 14.7. The molecule has 106 valence electrons. The Hall–Kier alpha value is -2.75. The molecule has 0 spiro atoms. The van der Waals surface area contributed by atoms with Crippen LogP contribution in [0.5, 0.6) is 0 Å². The maximum Gasteiger partial charge on any atom is 0.272 e. The van der Waals surface area contributed by atoms with Crippen molar-refractivity contribution in [3.63, 3.8) is 0 Å². The van der Waals surface area contributed by atoms with Gasteiger partial charge < -0.3 is 0 Å². The lowest BCUT2D eigenvalue weighted by atomic mass is 10.1. The first-order valence-corrected chi connectivity index (χ1v) is 6.64. The van der Waals surface area contributed by atoms with Gasteiger partial charge in [-0.15, -0.1) is 0 Å². The zero-order valence-electron chi connectivity index (χ0n) is 12.1. The Morgan fingerprint density at radius 1 is 1.19 bits per heavy atom. The molecule has 2 aromatic rings. The van der Waals surface area contributed by atoms with Crippen LogP contribution >= 0.6 is 0 Å². The number of benzene rings is 1. The standard InChI is InChI=1S/C17H17N3O/c1-13(10-15-6-4-3-5-7-15)11-19-20-17(21)16-9-8-14(2)18-12-16/h3-12H,1-2H3,(H,20,21)/b13-10+,19-11?. The fraction of sp³-hybridized carbons (Fsp3) is 0.118. The number of hydrogen-bond acceptors (Lipinski definition) is 3. The van der Waals surface area contributed by atoms with E-state index in [1.165, 1.54) is 6.20 Å². The van der Waals surface area contributed by atoms with Crippen LogP contribution in [0, 0.1) is 6.92 Å². The van der Waals surface area contributed by atoms with Gasteiger partial charge in [-0.05, 0) is 37.1 Å². The molecule has 0 fully saturated rings. The molecule has 0 unspecified atom stereocenters. The van der Waals surface area contributed by atoms with Gasteiger partial charge in [0.2, 0.25) is 0 Å². The summed E-state index contributed by atoms with van der Waals surface area (Å²) in [7, 11) is 0. The molecule has 0 aliphatic heterocycles. The number of pyridine rings is 1. The van der Waals surface area contributed by atoms with Gasteiger partial charge in [-0.1, -0.05) is 36.4 Å². The van der Waals surface area contributed by atoms with Crippen molar-refractivity contribution in [3.05, 3.63) is 71.1 Å². The quantitative estimate of drug-likeness (QED) is 0.690. The molecule has 0 radical (unpaired) electrons. The molecule has 4 heteroatoms. The lowest BCUT2D eigenvalue weighted by molar-refractivity contribution is 0.0955. The first-order valence-electron chi connectivity index (χ1n) is 6.64. The molecule has 1 amide bonds. The van der Waals surface area contributed by atoms with Crippen molar-refractivity contribution in [2.24, 2.45) is 5.10 Å².